The molecule has 27 heavy (non-hydrogen) atoms. The SMILES string of the molecule is CCCC(=O)NC(=S)Nc1ccc(S(=O)(=O)Nc2ccc(C)c(C)c2)cc1. The number of aryl methyl sites for hydroxylation is 2. The number of anilines is 2. The highest BCUT2D eigenvalue weighted by Gasteiger charge is 2.14. The van der Waals surface area contributed by atoms with Gasteiger partial charge in [-0.25, -0.2) is 8.42 Å². The highest BCUT2D eigenvalue weighted by atomic mass is 32.2. The van der Waals surface area contributed by atoms with Crippen LogP contribution in [0.1, 0.15) is 30.9 Å². The Balaban J connectivity index is 2.05. The first-order chi connectivity index (χ1) is 12.7. The van der Waals surface area contributed by atoms with Gasteiger partial charge in [0.2, 0.25) is 5.91 Å². The van der Waals surface area contributed by atoms with Gasteiger partial charge in [-0.1, -0.05) is 13.0 Å². The largest absolute Gasteiger partial charge is 0.332 e. The quantitative estimate of drug-likeness (QED) is 0.638. The van der Waals surface area contributed by atoms with Crippen LogP contribution in [-0.2, 0) is 14.8 Å². The normalized spacial score (nSPS) is 10.9. The van der Waals surface area contributed by atoms with E-state index in [1.54, 1.807) is 24.3 Å². The number of hydrogen-bond donors (Lipinski definition) is 3. The van der Waals surface area contributed by atoms with Crippen LogP contribution in [0.4, 0.5) is 11.4 Å². The molecule has 2 aromatic carbocycles. The number of thiocarbonyl (C=S) groups is 1. The molecule has 3 N–H and O–H groups in total. The summed E-state index contributed by atoms with van der Waals surface area (Å²) >= 11 is 5.07. The maximum absolute atomic E-state index is 12.5. The molecule has 8 heteroatoms. The number of benzene rings is 2. The average molecular weight is 406 g/mol. The molecule has 2 rings (SSSR count). The summed E-state index contributed by atoms with van der Waals surface area (Å²) in [5, 5.41) is 5.60. The molecule has 144 valence electrons. The molecule has 0 fully saturated rings. The number of carbonyl (C=O) groups is 1. The smallest absolute Gasteiger partial charge is 0.261 e. The van der Waals surface area contributed by atoms with E-state index in [-0.39, 0.29) is 15.9 Å². The molecule has 0 unspecified atom stereocenters. The van der Waals surface area contributed by atoms with E-state index in [4.69, 9.17) is 12.2 Å². The second-order valence-corrected chi connectivity index (χ2v) is 8.27. The zero-order valence-electron chi connectivity index (χ0n) is 15.5. The van der Waals surface area contributed by atoms with Gasteiger partial charge in [0.15, 0.2) is 5.11 Å². The van der Waals surface area contributed by atoms with Crippen molar-refractivity contribution in [3.8, 4) is 0 Å². The van der Waals surface area contributed by atoms with Crippen molar-refractivity contribution >= 4 is 44.6 Å². The molecule has 0 aliphatic rings. The lowest BCUT2D eigenvalue weighted by Gasteiger charge is -2.12. The Bertz CT molecular complexity index is 939. The van der Waals surface area contributed by atoms with Gasteiger partial charge >= 0.3 is 0 Å². The van der Waals surface area contributed by atoms with E-state index in [1.165, 1.54) is 12.1 Å². The second kappa shape index (κ2) is 8.96. The van der Waals surface area contributed by atoms with Crippen molar-refractivity contribution in [3.05, 3.63) is 53.6 Å². The third kappa shape index (κ3) is 6.04. The maximum Gasteiger partial charge on any atom is 0.261 e. The van der Waals surface area contributed by atoms with Gasteiger partial charge in [0.1, 0.15) is 0 Å². The highest BCUT2D eigenvalue weighted by molar-refractivity contribution is 7.92. The van der Waals surface area contributed by atoms with E-state index < -0.39 is 10.0 Å². The van der Waals surface area contributed by atoms with E-state index in [2.05, 4.69) is 15.4 Å². The van der Waals surface area contributed by atoms with Crippen molar-refractivity contribution in [1.82, 2.24) is 5.32 Å². The van der Waals surface area contributed by atoms with Crippen molar-refractivity contribution in [3.63, 3.8) is 0 Å². The van der Waals surface area contributed by atoms with Crippen molar-refractivity contribution in [1.29, 1.82) is 0 Å². The molecular formula is C19H23N3O3S2. The molecule has 0 aromatic heterocycles. The van der Waals surface area contributed by atoms with E-state index >= 15 is 0 Å². The van der Waals surface area contributed by atoms with Crippen LogP contribution in [0.5, 0.6) is 0 Å². The molecule has 6 nitrogen and oxygen atoms in total. The number of rotatable bonds is 6. The lowest BCUT2D eigenvalue weighted by atomic mass is 10.1. The molecule has 0 aliphatic carbocycles. The van der Waals surface area contributed by atoms with Crippen LogP contribution in [-0.4, -0.2) is 19.4 Å². The molecule has 1 amide bonds. The van der Waals surface area contributed by atoms with Gasteiger partial charge in [-0.2, -0.15) is 0 Å². The highest BCUT2D eigenvalue weighted by Crippen LogP contribution is 2.20. The molecule has 0 saturated heterocycles. The van der Waals surface area contributed by atoms with Crippen molar-refractivity contribution in [2.24, 2.45) is 0 Å². The first kappa shape index (κ1) is 20.9. The number of sulfonamides is 1. The van der Waals surface area contributed by atoms with Crippen molar-refractivity contribution < 1.29 is 13.2 Å². The Hall–Kier alpha value is -2.45. The lowest BCUT2D eigenvalue weighted by molar-refractivity contribution is -0.119. The van der Waals surface area contributed by atoms with Crippen LogP contribution in [0.3, 0.4) is 0 Å². The average Bonchev–Trinajstić information content (AvgIpc) is 2.58. The fraction of sp³-hybridized carbons (Fsp3) is 0.263. The minimum absolute atomic E-state index is 0.132. The summed E-state index contributed by atoms with van der Waals surface area (Å²) in [5.41, 5.74) is 3.20. The Kier molecular flexibility index (Phi) is 6.92. The summed E-state index contributed by atoms with van der Waals surface area (Å²) in [4.78, 5) is 11.7. The van der Waals surface area contributed by atoms with Gasteiger partial charge in [-0.05, 0) is 80.0 Å². The van der Waals surface area contributed by atoms with E-state index in [1.807, 2.05) is 26.8 Å². The van der Waals surface area contributed by atoms with Crippen LogP contribution < -0.4 is 15.4 Å². The molecule has 2 aromatic rings. The zero-order valence-corrected chi connectivity index (χ0v) is 17.1. The number of nitrogens with one attached hydrogen (secondary N) is 3. The Morgan fingerprint density at radius 2 is 1.63 bits per heavy atom. The molecule has 0 saturated carbocycles. The van der Waals surface area contributed by atoms with Crippen LogP contribution >= 0.6 is 12.2 Å². The molecule has 0 radical (unpaired) electrons. The molecule has 0 aliphatic heterocycles. The van der Waals surface area contributed by atoms with Crippen LogP contribution in [0.15, 0.2) is 47.4 Å². The fourth-order valence-electron chi connectivity index (χ4n) is 2.31. The number of hydrogen-bond acceptors (Lipinski definition) is 4. The van der Waals surface area contributed by atoms with Gasteiger partial charge < -0.3 is 10.6 Å². The van der Waals surface area contributed by atoms with E-state index in [0.29, 0.717) is 17.8 Å². The number of amides is 1. The van der Waals surface area contributed by atoms with Crippen molar-refractivity contribution in [2.75, 3.05) is 10.0 Å². The standard InChI is InChI=1S/C19H23N3O3S2/c1-4-5-18(23)21-19(26)20-15-8-10-17(11-9-15)27(24,25)22-16-7-6-13(2)14(3)12-16/h6-12,22H,4-5H2,1-3H3,(H2,20,21,23,26). The van der Waals surface area contributed by atoms with Crippen LogP contribution in [0.2, 0.25) is 0 Å². The summed E-state index contributed by atoms with van der Waals surface area (Å²) in [6.07, 6.45) is 1.12. The van der Waals surface area contributed by atoms with Gasteiger partial charge in [-0.3, -0.25) is 9.52 Å². The minimum Gasteiger partial charge on any atom is -0.332 e. The predicted molar refractivity (Wildman–Crippen MR) is 112 cm³/mol. The third-order valence-corrected chi connectivity index (χ3v) is 5.51. The third-order valence-electron chi connectivity index (χ3n) is 3.91. The summed E-state index contributed by atoms with van der Waals surface area (Å²) in [5.74, 6) is -0.160. The second-order valence-electron chi connectivity index (χ2n) is 6.18. The van der Waals surface area contributed by atoms with Crippen LogP contribution in [0.25, 0.3) is 0 Å². The molecule has 0 atom stereocenters. The summed E-state index contributed by atoms with van der Waals surface area (Å²) in [6.45, 7) is 5.80. The van der Waals surface area contributed by atoms with Crippen LogP contribution in [0, 0.1) is 13.8 Å². The molecule has 0 spiro atoms. The lowest BCUT2D eigenvalue weighted by Crippen LogP contribution is -2.33. The Morgan fingerprint density at radius 1 is 1.00 bits per heavy atom. The van der Waals surface area contributed by atoms with E-state index in [9.17, 15) is 13.2 Å². The predicted octanol–water partition coefficient (Wildman–Crippen LogP) is 3.72. The van der Waals surface area contributed by atoms with Gasteiger partial charge in [-0.15, -0.1) is 0 Å². The van der Waals surface area contributed by atoms with Gasteiger partial charge in [0.25, 0.3) is 10.0 Å². The Morgan fingerprint density at radius 3 is 2.22 bits per heavy atom. The summed E-state index contributed by atoms with van der Waals surface area (Å²) in [7, 11) is -3.69. The number of carbonyl (C=O) groups excluding carboxylic acids is 1. The topological polar surface area (TPSA) is 87.3 Å². The monoisotopic (exact) mass is 405 g/mol. The summed E-state index contributed by atoms with van der Waals surface area (Å²) in [6, 6.07) is 11.5. The summed E-state index contributed by atoms with van der Waals surface area (Å²) < 4.78 is 27.6. The van der Waals surface area contributed by atoms with Gasteiger partial charge in [0, 0.05) is 17.8 Å². The maximum atomic E-state index is 12.5. The van der Waals surface area contributed by atoms with E-state index in [0.717, 1.165) is 17.5 Å². The fourth-order valence-corrected chi connectivity index (χ4v) is 3.60. The zero-order chi connectivity index (χ0) is 20.0. The van der Waals surface area contributed by atoms with Gasteiger partial charge in [0.05, 0.1) is 4.90 Å². The minimum atomic E-state index is -3.69. The molecular weight excluding hydrogens is 382 g/mol. The first-order valence-electron chi connectivity index (χ1n) is 8.52. The molecule has 0 heterocycles. The molecule has 0 bridgehead atoms. The first-order valence-corrected chi connectivity index (χ1v) is 10.4. The van der Waals surface area contributed by atoms with Crippen molar-refractivity contribution in [2.45, 2.75) is 38.5 Å². The Labute approximate surface area is 165 Å².